The molecular formula is C15H22ClNO. The molecule has 100 valence electrons. The zero-order valence-electron chi connectivity index (χ0n) is 11.4. The van der Waals surface area contributed by atoms with E-state index in [0.29, 0.717) is 5.92 Å². The van der Waals surface area contributed by atoms with Crippen LogP contribution in [0.5, 0.6) is 0 Å². The summed E-state index contributed by atoms with van der Waals surface area (Å²) < 4.78 is 5.87. The van der Waals surface area contributed by atoms with E-state index in [0.717, 1.165) is 30.2 Å². The van der Waals surface area contributed by atoms with Crippen LogP contribution in [0.3, 0.4) is 0 Å². The molecule has 1 fully saturated rings. The summed E-state index contributed by atoms with van der Waals surface area (Å²) in [5.41, 5.74) is 1.27. The summed E-state index contributed by atoms with van der Waals surface area (Å²) in [6.07, 6.45) is 1.23. The van der Waals surface area contributed by atoms with Gasteiger partial charge in [-0.1, -0.05) is 29.8 Å². The largest absolute Gasteiger partial charge is 0.373 e. The highest BCUT2D eigenvalue weighted by Gasteiger charge is 2.31. The maximum Gasteiger partial charge on any atom is 0.0880 e. The first-order chi connectivity index (χ1) is 8.47. The number of rotatable bonds is 3. The van der Waals surface area contributed by atoms with E-state index in [1.54, 1.807) is 0 Å². The molecule has 0 amide bonds. The first-order valence-corrected chi connectivity index (χ1v) is 6.96. The lowest BCUT2D eigenvalue weighted by Gasteiger charge is -2.26. The van der Waals surface area contributed by atoms with E-state index < -0.39 is 0 Å². The van der Waals surface area contributed by atoms with E-state index in [1.807, 2.05) is 18.2 Å². The van der Waals surface area contributed by atoms with E-state index in [4.69, 9.17) is 16.3 Å². The highest BCUT2D eigenvalue weighted by molar-refractivity contribution is 6.31. The van der Waals surface area contributed by atoms with E-state index >= 15 is 0 Å². The average Bonchev–Trinajstić information content (AvgIpc) is 2.74. The van der Waals surface area contributed by atoms with Crippen LogP contribution in [0.15, 0.2) is 24.3 Å². The maximum absolute atomic E-state index is 6.26. The van der Waals surface area contributed by atoms with Gasteiger partial charge in [-0.3, -0.25) is 0 Å². The zero-order chi connectivity index (χ0) is 13.2. The van der Waals surface area contributed by atoms with E-state index in [9.17, 15) is 0 Å². The van der Waals surface area contributed by atoms with Gasteiger partial charge in [0.05, 0.1) is 6.10 Å². The monoisotopic (exact) mass is 267 g/mol. The summed E-state index contributed by atoms with van der Waals surface area (Å²) in [5, 5.41) is 4.37. The average molecular weight is 268 g/mol. The molecule has 0 radical (unpaired) electrons. The molecular weight excluding hydrogens is 246 g/mol. The maximum atomic E-state index is 6.26. The third-order valence-electron chi connectivity index (χ3n) is 3.32. The molecule has 0 saturated carbocycles. The molecule has 2 nitrogen and oxygen atoms in total. The van der Waals surface area contributed by atoms with E-state index in [-0.39, 0.29) is 11.6 Å². The number of hydrogen-bond donors (Lipinski definition) is 1. The Bertz CT molecular complexity index is 400. The lowest BCUT2D eigenvalue weighted by atomic mass is 9.94. The van der Waals surface area contributed by atoms with Crippen molar-refractivity contribution in [2.45, 2.75) is 38.8 Å². The zero-order valence-corrected chi connectivity index (χ0v) is 12.1. The van der Waals surface area contributed by atoms with Crippen LogP contribution in [0.25, 0.3) is 0 Å². The van der Waals surface area contributed by atoms with Crippen LogP contribution in [0.1, 0.15) is 38.9 Å². The van der Waals surface area contributed by atoms with Crippen LogP contribution in [0, 0.1) is 5.92 Å². The molecule has 1 N–H and O–H groups in total. The van der Waals surface area contributed by atoms with E-state index in [2.05, 4.69) is 32.2 Å². The minimum atomic E-state index is 0.133. The second-order valence-electron chi connectivity index (χ2n) is 5.99. The highest BCUT2D eigenvalue weighted by Crippen LogP contribution is 2.37. The topological polar surface area (TPSA) is 21.3 Å². The summed E-state index contributed by atoms with van der Waals surface area (Å²) in [7, 11) is 0. The van der Waals surface area contributed by atoms with Crippen molar-refractivity contribution in [3.05, 3.63) is 34.9 Å². The Labute approximate surface area is 115 Å². The third kappa shape index (κ3) is 3.47. The predicted molar refractivity (Wildman–Crippen MR) is 76.0 cm³/mol. The number of ether oxygens (including phenoxy) is 1. The lowest BCUT2D eigenvalue weighted by Crippen LogP contribution is -2.39. The van der Waals surface area contributed by atoms with Crippen LogP contribution in [0.4, 0.5) is 0 Å². The second kappa shape index (κ2) is 5.60. The summed E-state index contributed by atoms with van der Waals surface area (Å²) >= 11 is 6.26. The van der Waals surface area contributed by atoms with Gasteiger partial charge in [0.2, 0.25) is 0 Å². The number of halogens is 1. The highest BCUT2D eigenvalue weighted by atomic mass is 35.5. The van der Waals surface area contributed by atoms with Crippen LogP contribution < -0.4 is 5.32 Å². The normalized spacial score (nSPS) is 24.4. The van der Waals surface area contributed by atoms with Gasteiger partial charge < -0.3 is 10.1 Å². The van der Waals surface area contributed by atoms with Gasteiger partial charge in [0, 0.05) is 29.6 Å². The van der Waals surface area contributed by atoms with Crippen LogP contribution >= 0.6 is 11.6 Å². The molecule has 1 saturated heterocycles. The molecule has 1 aromatic carbocycles. The smallest absolute Gasteiger partial charge is 0.0880 e. The molecule has 2 unspecified atom stereocenters. The van der Waals surface area contributed by atoms with Gasteiger partial charge in [-0.15, -0.1) is 0 Å². The predicted octanol–water partition coefficient (Wildman–Crippen LogP) is 3.81. The first-order valence-electron chi connectivity index (χ1n) is 6.58. The number of benzene rings is 1. The van der Waals surface area contributed by atoms with Gasteiger partial charge >= 0.3 is 0 Å². The summed E-state index contributed by atoms with van der Waals surface area (Å²) in [6.45, 7) is 8.36. The van der Waals surface area contributed by atoms with Gasteiger partial charge in [0.15, 0.2) is 0 Å². The minimum Gasteiger partial charge on any atom is -0.373 e. The Kier molecular flexibility index (Phi) is 4.31. The van der Waals surface area contributed by atoms with Crippen LogP contribution in [-0.2, 0) is 4.74 Å². The second-order valence-corrected chi connectivity index (χ2v) is 6.40. The SMILES string of the molecule is CC(C)(C)NCC1CCOC1c1ccccc1Cl. The molecule has 1 heterocycles. The molecule has 2 atom stereocenters. The van der Waals surface area contributed by atoms with Crippen LogP contribution in [0.2, 0.25) is 5.02 Å². The molecule has 0 aromatic heterocycles. The minimum absolute atomic E-state index is 0.133. The molecule has 18 heavy (non-hydrogen) atoms. The van der Waals surface area contributed by atoms with Crippen molar-refractivity contribution in [3.8, 4) is 0 Å². The van der Waals surface area contributed by atoms with E-state index in [1.165, 1.54) is 0 Å². The molecule has 1 aromatic rings. The molecule has 0 bridgehead atoms. The fourth-order valence-corrected chi connectivity index (χ4v) is 2.57. The van der Waals surface area contributed by atoms with Gasteiger partial charge in [-0.05, 0) is 38.8 Å². The van der Waals surface area contributed by atoms with Gasteiger partial charge in [-0.25, -0.2) is 0 Å². The number of nitrogens with one attached hydrogen (secondary N) is 1. The fourth-order valence-electron chi connectivity index (χ4n) is 2.33. The first kappa shape index (κ1) is 13.9. The lowest BCUT2D eigenvalue weighted by molar-refractivity contribution is 0.0890. The van der Waals surface area contributed by atoms with Crippen molar-refractivity contribution in [1.29, 1.82) is 0 Å². The van der Waals surface area contributed by atoms with Crippen molar-refractivity contribution in [2.24, 2.45) is 5.92 Å². The number of hydrogen-bond acceptors (Lipinski definition) is 2. The van der Waals surface area contributed by atoms with Crippen molar-refractivity contribution in [3.63, 3.8) is 0 Å². The fraction of sp³-hybridized carbons (Fsp3) is 0.600. The van der Waals surface area contributed by atoms with Gasteiger partial charge in [0.1, 0.15) is 0 Å². The molecule has 2 rings (SSSR count). The Morgan fingerprint density at radius 1 is 1.33 bits per heavy atom. The quantitative estimate of drug-likeness (QED) is 0.899. The van der Waals surface area contributed by atoms with Crippen LogP contribution in [-0.4, -0.2) is 18.7 Å². The molecule has 3 heteroatoms. The molecule has 0 aliphatic carbocycles. The molecule has 0 spiro atoms. The molecule has 1 aliphatic heterocycles. The Balaban J connectivity index is 2.06. The summed E-state index contributed by atoms with van der Waals surface area (Å²) in [4.78, 5) is 0. The van der Waals surface area contributed by atoms with Crippen molar-refractivity contribution >= 4 is 11.6 Å². The Hall–Kier alpha value is -0.570. The van der Waals surface area contributed by atoms with Gasteiger partial charge in [-0.2, -0.15) is 0 Å². The summed E-state index contributed by atoms with van der Waals surface area (Å²) in [5.74, 6) is 0.504. The third-order valence-corrected chi connectivity index (χ3v) is 3.66. The van der Waals surface area contributed by atoms with Crippen molar-refractivity contribution in [2.75, 3.05) is 13.2 Å². The Morgan fingerprint density at radius 3 is 2.72 bits per heavy atom. The van der Waals surface area contributed by atoms with Gasteiger partial charge in [0.25, 0.3) is 0 Å². The summed E-state index contributed by atoms with van der Waals surface area (Å²) in [6, 6.07) is 8.00. The molecule has 1 aliphatic rings. The van der Waals surface area contributed by atoms with Crippen molar-refractivity contribution < 1.29 is 4.74 Å². The standard InChI is InChI=1S/C15H22ClNO/c1-15(2,3)17-10-11-8-9-18-14(11)12-6-4-5-7-13(12)16/h4-7,11,14,17H,8-10H2,1-3H3. The van der Waals surface area contributed by atoms with Crippen molar-refractivity contribution in [1.82, 2.24) is 5.32 Å². The Morgan fingerprint density at radius 2 is 2.06 bits per heavy atom.